The van der Waals surface area contributed by atoms with E-state index in [0.717, 1.165) is 0 Å². The molecule has 0 radical (unpaired) electrons. The van der Waals surface area contributed by atoms with Gasteiger partial charge in [-0.05, 0) is 42.0 Å². The number of alkyl halides is 3. The Morgan fingerprint density at radius 2 is 1.61 bits per heavy atom. The molecule has 0 spiro atoms. The Balaban J connectivity index is 1.43. The number of halogens is 3. The van der Waals surface area contributed by atoms with Gasteiger partial charge in [0.15, 0.2) is 17.3 Å². The zero-order valence-corrected chi connectivity index (χ0v) is 21.1. The van der Waals surface area contributed by atoms with Crippen LogP contribution in [0.5, 0.6) is 23.0 Å². The number of para-hydroxylation sites is 1. The van der Waals surface area contributed by atoms with Crippen molar-refractivity contribution in [2.24, 2.45) is 5.73 Å². The Kier molecular flexibility index (Phi) is 7.55. The molecule has 208 valence electrons. The van der Waals surface area contributed by atoms with Gasteiger partial charge in [0.05, 0.1) is 23.2 Å². The first-order valence-electron chi connectivity index (χ1n) is 12.2. The summed E-state index contributed by atoms with van der Waals surface area (Å²) in [4.78, 5) is 35.0. The third-order valence-electron chi connectivity index (χ3n) is 5.83. The number of nitrogens with two attached hydrogens (primary N) is 1. The van der Waals surface area contributed by atoms with Crippen molar-refractivity contribution in [2.45, 2.75) is 12.6 Å². The topological polar surface area (TPSA) is 129 Å². The normalized spacial score (nSPS) is 11.3. The molecule has 2 heterocycles. The minimum atomic E-state index is -5.04. The number of carbonyl (C=O) groups excluding carboxylic acids is 2. The lowest BCUT2D eigenvalue weighted by Crippen LogP contribution is -2.26. The molecule has 0 saturated carbocycles. The average Bonchev–Trinajstić information content (AvgIpc) is 3.37. The van der Waals surface area contributed by atoms with E-state index in [0.29, 0.717) is 33.9 Å². The average molecular weight is 563 g/mol. The van der Waals surface area contributed by atoms with Crippen molar-refractivity contribution in [3.05, 3.63) is 96.2 Å². The third-order valence-corrected chi connectivity index (χ3v) is 5.83. The number of aromatic nitrogens is 3. The quantitative estimate of drug-likeness (QED) is 0.212. The fourth-order valence-corrected chi connectivity index (χ4v) is 3.87. The monoisotopic (exact) mass is 562 g/mol. The van der Waals surface area contributed by atoms with Gasteiger partial charge in [0.2, 0.25) is 0 Å². The van der Waals surface area contributed by atoms with Gasteiger partial charge in [-0.2, -0.15) is 13.2 Å². The Bertz CT molecular complexity index is 1700. The van der Waals surface area contributed by atoms with Gasteiger partial charge in [-0.25, -0.2) is 9.78 Å². The van der Waals surface area contributed by atoms with Gasteiger partial charge in [-0.15, -0.1) is 0 Å². The van der Waals surface area contributed by atoms with Crippen LogP contribution in [0.3, 0.4) is 0 Å². The number of H-pyrrole nitrogens is 1. The third kappa shape index (κ3) is 6.44. The molecule has 12 heteroatoms. The molecular formula is C29H21F3N4O5. The van der Waals surface area contributed by atoms with E-state index in [4.69, 9.17) is 15.2 Å². The lowest BCUT2D eigenvalue weighted by Gasteiger charge is -2.14. The van der Waals surface area contributed by atoms with Crippen LogP contribution in [-0.4, -0.2) is 39.6 Å². The molecule has 9 nitrogen and oxygen atoms in total. The Hall–Kier alpha value is -5.39. The fraction of sp³-hybridized carbons (Fsp3) is 0.103. The van der Waals surface area contributed by atoms with E-state index in [1.54, 1.807) is 72.9 Å². The highest BCUT2D eigenvalue weighted by Gasteiger charge is 2.40. The van der Waals surface area contributed by atoms with Crippen molar-refractivity contribution in [1.29, 1.82) is 0 Å². The molecule has 41 heavy (non-hydrogen) atoms. The van der Waals surface area contributed by atoms with Crippen LogP contribution in [0.4, 0.5) is 13.2 Å². The number of esters is 1. The predicted molar refractivity (Wildman–Crippen MR) is 142 cm³/mol. The maximum absolute atomic E-state index is 12.3. The summed E-state index contributed by atoms with van der Waals surface area (Å²) in [6.45, 7) is -0.426. The van der Waals surface area contributed by atoms with Gasteiger partial charge in [0.1, 0.15) is 17.2 Å². The summed E-state index contributed by atoms with van der Waals surface area (Å²) in [5, 5.41) is 0. The molecule has 3 aromatic carbocycles. The summed E-state index contributed by atoms with van der Waals surface area (Å²) in [5.74, 6) is -1.25. The van der Waals surface area contributed by atoms with Gasteiger partial charge in [-0.1, -0.05) is 30.3 Å². The summed E-state index contributed by atoms with van der Waals surface area (Å²) in [6, 6.07) is 21.7. The second kappa shape index (κ2) is 11.4. The second-order valence-corrected chi connectivity index (χ2v) is 8.71. The largest absolute Gasteiger partial charge is 0.490 e. The van der Waals surface area contributed by atoms with Gasteiger partial charge >= 0.3 is 12.1 Å². The van der Waals surface area contributed by atoms with E-state index < -0.39 is 24.7 Å². The maximum Gasteiger partial charge on any atom is 0.490 e. The van der Waals surface area contributed by atoms with E-state index in [-0.39, 0.29) is 29.2 Å². The summed E-state index contributed by atoms with van der Waals surface area (Å²) >= 11 is 0. The van der Waals surface area contributed by atoms with Gasteiger partial charge in [0.25, 0.3) is 5.91 Å². The number of amides is 1. The number of aromatic amines is 1. The minimum absolute atomic E-state index is 0.0801. The van der Waals surface area contributed by atoms with E-state index in [1.807, 2.05) is 6.07 Å². The van der Waals surface area contributed by atoms with E-state index in [9.17, 15) is 22.8 Å². The molecule has 0 aliphatic heterocycles. The number of rotatable bonds is 9. The number of benzene rings is 3. The van der Waals surface area contributed by atoms with Gasteiger partial charge in [0, 0.05) is 24.8 Å². The predicted octanol–water partition coefficient (Wildman–Crippen LogP) is 5.96. The van der Waals surface area contributed by atoms with E-state index in [2.05, 4.69) is 19.7 Å². The number of pyridine rings is 1. The van der Waals surface area contributed by atoms with Crippen LogP contribution >= 0.6 is 0 Å². The Morgan fingerprint density at radius 3 is 2.32 bits per heavy atom. The lowest BCUT2D eigenvalue weighted by molar-refractivity contribution is -0.199. The SMILES string of the molecule is NC(=O)c1ccccc1Oc1cc2nc(-c3ccccn3)[nH]c2cc1Oc1ccc(CCOC(=O)C(F)(F)F)cc1. The number of carbonyl (C=O) groups is 2. The zero-order valence-electron chi connectivity index (χ0n) is 21.1. The first-order valence-corrected chi connectivity index (χ1v) is 12.2. The maximum atomic E-state index is 12.3. The van der Waals surface area contributed by atoms with Crippen LogP contribution in [0.1, 0.15) is 15.9 Å². The fourth-order valence-electron chi connectivity index (χ4n) is 3.87. The molecule has 1 amide bonds. The minimum Gasteiger partial charge on any atom is -0.459 e. The molecule has 0 aliphatic rings. The molecule has 0 bridgehead atoms. The Labute approximate surface area is 230 Å². The van der Waals surface area contributed by atoms with Crippen molar-refractivity contribution in [1.82, 2.24) is 15.0 Å². The molecule has 0 atom stereocenters. The smallest absolute Gasteiger partial charge is 0.459 e. The summed E-state index contributed by atoms with van der Waals surface area (Å²) in [6.07, 6.45) is -3.31. The Morgan fingerprint density at radius 1 is 0.878 bits per heavy atom. The first kappa shape index (κ1) is 27.2. The number of nitrogens with zero attached hydrogens (tertiary/aromatic N) is 2. The van der Waals surface area contributed by atoms with Crippen LogP contribution < -0.4 is 15.2 Å². The van der Waals surface area contributed by atoms with Crippen LogP contribution in [-0.2, 0) is 16.0 Å². The van der Waals surface area contributed by atoms with E-state index >= 15 is 0 Å². The second-order valence-electron chi connectivity index (χ2n) is 8.71. The van der Waals surface area contributed by atoms with Crippen LogP contribution in [0.15, 0.2) is 85.1 Å². The number of fused-ring (bicyclic) bond motifs is 1. The number of hydrogen-bond donors (Lipinski definition) is 2. The van der Waals surface area contributed by atoms with Crippen molar-refractivity contribution in [3.8, 4) is 34.5 Å². The lowest BCUT2D eigenvalue weighted by atomic mass is 10.1. The number of nitrogens with one attached hydrogen (secondary N) is 1. The van der Waals surface area contributed by atoms with Crippen molar-refractivity contribution in [2.75, 3.05) is 6.61 Å². The molecular weight excluding hydrogens is 541 g/mol. The van der Waals surface area contributed by atoms with Crippen molar-refractivity contribution < 1.29 is 37.0 Å². The van der Waals surface area contributed by atoms with Crippen molar-refractivity contribution >= 4 is 22.9 Å². The van der Waals surface area contributed by atoms with Gasteiger partial charge < -0.3 is 24.9 Å². The summed E-state index contributed by atoms with van der Waals surface area (Å²) < 4.78 is 53.4. The standard InChI is InChI=1S/C29H21F3N4O5/c30-29(31,32)28(38)39-14-12-17-8-10-18(11-9-17)40-24-15-21-22(36-27(35-21)20-6-3-4-13-34-20)16-25(24)41-23-7-2-1-5-19(23)26(33)37/h1-11,13,15-16H,12,14H2,(H2,33,37)(H,35,36). The van der Waals surface area contributed by atoms with Crippen LogP contribution in [0.25, 0.3) is 22.6 Å². The molecule has 3 N–H and O–H groups in total. The number of imidazole rings is 1. The molecule has 5 rings (SSSR count). The summed E-state index contributed by atoms with van der Waals surface area (Å²) in [5.41, 5.74) is 8.12. The summed E-state index contributed by atoms with van der Waals surface area (Å²) in [7, 11) is 0. The van der Waals surface area contributed by atoms with Crippen molar-refractivity contribution in [3.63, 3.8) is 0 Å². The molecule has 0 fully saturated rings. The molecule has 2 aromatic heterocycles. The highest BCUT2D eigenvalue weighted by atomic mass is 19.4. The van der Waals surface area contributed by atoms with Crippen LogP contribution in [0, 0.1) is 0 Å². The first-order chi connectivity index (χ1) is 19.7. The number of ether oxygens (including phenoxy) is 3. The number of primary amides is 1. The number of hydrogen-bond acceptors (Lipinski definition) is 7. The van der Waals surface area contributed by atoms with E-state index in [1.165, 1.54) is 6.07 Å². The van der Waals surface area contributed by atoms with Gasteiger partial charge in [-0.3, -0.25) is 9.78 Å². The molecule has 0 saturated heterocycles. The molecule has 0 unspecified atom stereocenters. The molecule has 5 aromatic rings. The highest BCUT2D eigenvalue weighted by Crippen LogP contribution is 2.39. The zero-order chi connectivity index (χ0) is 29.0. The van der Waals surface area contributed by atoms with Crippen LogP contribution in [0.2, 0.25) is 0 Å². The highest BCUT2D eigenvalue weighted by molar-refractivity contribution is 5.95. The molecule has 0 aliphatic carbocycles.